The van der Waals surface area contributed by atoms with Gasteiger partial charge < -0.3 is 20.1 Å². The van der Waals surface area contributed by atoms with Crippen LogP contribution in [0.25, 0.3) is 0 Å². The minimum atomic E-state index is -1.06. The van der Waals surface area contributed by atoms with E-state index in [0.29, 0.717) is 5.88 Å². The Morgan fingerprint density at radius 1 is 1.50 bits per heavy atom. The molecule has 2 N–H and O–H groups in total. The van der Waals surface area contributed by atoms with E-state index in [2.05, 4.69) is 10.3 Å². The predicted octanol–water partition coefficient (Wildman–Crippen LogP) is 0.316. The number of ether oxygens (including phenoxy) is 1. The van der Waals surface area contributed by atoms with Gasteiger partial charge in [-0.1, -0.05) is 6.07 Å². The van der Waals surface area contributed by atoms with Crippen molar-refractivity contribution in [2.75, 3.05) is 20.7 Å². The van der Waals surface area contributed by atoms with Gasteiger partial charge in [0.05, 0.1) is 7.11 Å². The minimum Gasteiger partial charge on any atom is -0.481 e. The van der Waals surface area contributed by atoms with E-state index in [1.54, 1.807) is 18.3 Å². The van der Waals surface area contributed by atoms with E-state index >= 15 is 0 Å². The lowest BCUT2D eigenvalue weighted by Crippen LogP contribution is -2.39. The Labute approximate surface area is 104 Å². The lowest BCUT2D eigenvalue weighted by atomic mass is 10.3. The number of hydrogen-bond acceptors (Lipinski definition) is 4. The number of carboxylic acids is 1. The van der Waals surface area contributed by atoms with Gasteiger partial charge in [0.25, 0.3) is 0 Å². The highest BCUT2D eigenvalue weighted by Crippen LogP contribution is 2.06. The number of methoxy groups -OCH3 is 1. The first-order valence-corrected chi connectivity index (χ1v) is 5.22. The number of hydrogen-bond donors (Lipinski definition) is 2. The average Bonchev–Trinajstić information content (AvgIpc) is 2.35. The fourth-order valence-corrected chi connectivity index (χ4v) is 1.22. The molecule has 0 unspecified atom stereocenters. The molecule has 0 aromatic carbocycles. The van der Waals surface area contributed by atoms with Gasteiger partial charge >= 0.3 is 12.0 Å². The molecule has 1 rings (SSSR count). The molecule has 2 amide bonds. The first-order chi connectivity index (χ1) is 8.52. The van der Waals surface area contributed by atoms with Crippen molar-refractivity contribution in [3.8, 4) is 5.88 Å². The Hall–Kier alpha value is -2.31. The van der Waals surface area contributed by atoms with Gasteiger partial charge in [-0.3, -0.25) is 4.79 Å². The average molecular weight is 253 g/mol. The Bertz CT molecular complexity index is 419. The second-order valence-corrected chi connectivity index (χ2v) is 3.62. The van der Waals surface area contributed by atoms with Crippen molar-refractivity contribution in [3.63, 3.8) is 0 Å². The molecule has 0 radical (unpaired) electrons. The normalized spacial score (nSPS) is 9.67. The third kappa shape index (κ3) is 4.28. The first kappa shape index (κ1) is 13.8. The SMILES string of the molecule is COc1ccc(CNC(=O)N(C)CC(=O)O)cn1. The summed E-state index contributed by atoms with van der Waals surface area (Å²) in [6.45, 7) is -0.0630. The Morgan fingerprint density at radius 2 is 2.22 bits per heavy atom. The number of carboxylic acid groups (broad SMARTS) is 1. The molecule has 0 spiro atoms. The standard InChI is InChI=1S/C11H15N3O4/c1-14(7-10(15)16)11(17)13-6-8-3-4-9(18-2)12-5-8/h3-5H,6-7H2,1-2H3,(H,13,17)(H,15,16). The van der Waals surface area contributed by atoms with Crippen LogP contribution in [0.15, 0.2) is 18.3 Å². The number of rotatable bonds is 5. The quantitative estimate of drug-likeness (QED) is 0.788. The van der Waals surface area contributed by atoms with Crippen LogP contribution in [0.2, 0.25) is 0 Å². The highest BCUT2D eigenvalue weighted by atomic mass is 16.5. The molecule has 0 fully saturated rings. The highest BCUT2D eigenvalue weighted by Gasteiger charge is 2.11. The van der Waals surface area contributed by atoms with Gasteiger partial charge in [-0.2, -0.15) is 0 Å². The molecule has 0 aliphatic carbocycles. The molecular weight excluding hydrogens is 238 g/mol. The van der Waals surface area contributed by atoms with Gasteiger partial charge in [-0.15, -0.1) is 0 Å². The predicted molar refractivity (Wildman–Crippen MR) is 63.3 cm³/mol. The van der Waals surface area contributed by atoms with Crippen molar-refractivity contribution in [3.05, 3.63) is 23.9 Å². The lowest BCUT2D eigenvalue weighted by Gasteiger charge is -2.15. The second kappa shape index (κ2) is 6.43. The van der Waals surface area contributed by atoms with Gasteiger partial charge in [0.1, 0.15) is 6.54 Å². The van der Waals surface area contributed by atoms with Gasteiger partial charge in [0.2, 0.25) is 5.88 Å². The first-order valence-electron chi connectivity index (χ1n) is 5.22. The van der Waals surface area contributed by atoms with E-state index in [1.165, 1.54) is 14.2 Å². The maximum atomic E-state index is 11.5. The van der Waals surface area contributed by atoms with Crippen LogP contribution in [0.5, 0.6) is 5.88 Å². The summed E-state index contributed by atoms with van der Waals surface area (Å²) in [5.74, 6) is -0.563. The molecule has 1 aromatic heterocycles. The summed E-state index contributed by atoms with van der Waals surface area (Å²) in [5, 5.41) is 11.1. The van der Waals surface area contributed by atoms with Crippen molar-refractivity contribution < 1.29 is 19.4 Å². The van der Waals surface area contributed by atoms with E-state index in [1.807, 2.05) is 0 Å². The summed E-state index contributed by atoms with van der Waals surface area (Å²) in [5.41, 5.74) is 0.799. The summed E-state index contributed by atoms with van der Waals surface area (Å²) >= 11 is 0. The molecular formula is C11H15N3O4. The number of urea groups is 1. The topological polar surface area (TPSA) is 91.8 Å². The van der Waals surface area contributed by atoms with E-state index in [9.17, 15) is 9.59 Å². The van der Waals surface area contributed by atoms with E-state index in [-0.39, 0.29) is 13.1 Å². The zero-order valence-electron chi connectivity index (χ0n) is 10.2. The number of nitrogens with one attached hydrogen (secondary N) is 1. The highest BCUT2D eigenvalue weighted by molar-refractivity contribution is 5.79. The van der Waals surface area contributed by atoms with Crippen LogP contribution < -0.4 is 10.1 Å². The van der Waals surface area contributed by atoms with Crippen molar-refractivity contribution >= 4 is 12.0 Å². The van der Waals surface area contributed by atoms with Crippen LogP contribution in [0.1, 0.15) is 5.56 Å². The van der Waals surface area contributed by atoms with Crippen LogP contribution in [0.3, 0.4) is 0 Å². The molecule has 0 aliphatic rings. The largest absolute Gasteiger partial charge is 0.481 e. The zero-order valence-corrected chi connectivity index (χ0v) is 10.2. The van der Waals surface area contributed by atoms with Crippen LogP contribution >= 0.6 is 0 Å². The van der Waals surface area contributed by atoms with Gasteiger partial charge in [-0.05, 0) is 5.56 Å². The number of carbonyl (C=O) groups is 2. The number of nitrogens with zero attached hydrogens (tertiary/aromatic N) is 2. The van der Waals surface area contributed by atoms with Crippen LogP contribution in [0.4, 0.5) is 4.79 Å². The third-order valence-electron chi connectivity index (χ3n) is 2.17. The van der Waals surface area contributed by atoms with Crippen LogP contribution in [-0.4, -0.2) is 47.7 Å². The van der Waals surface area contributed by atoms with Gasteiger partial charge in [0, 0.05) is 25.9 Å². The fourth-order valence-electron chi connectivity index (χ4n) is 1.22. The molecule has 7 nitrogen and oxygen atoms in total. The van der Waals surface area contributed by atoms with Gasteiger partial charge in [-0.25, -0.2) is 9.78 Å². The lowest BCUT2D eigenvalue weighted by molar-refractivity contribution is -0.137. The number of pyridine rings is 1. The van der Waals surface area contributed by atoms with Crippen LogP contribution in [-0.2, 0) is 11.3 Å². The summed E-state index contributed by atoms with van der Waals surface area (Å²) in [7, 11) is 2.93. The molecule has 0 aliphatic heterocycles. The fraction of sp³-hybridized carbons (Fsp3) is 0.364. The molecule has 0 atom stereocenters. The number of aromatic nitrogens is 1. The van der Waals surface area contributed by atoms with Crippen molar-refractivity contribution in [2.24, 2.45) is 0 Å². The maximum absolute atomic E-state index is 11.5. The molecule has 18 heavy (non-hydrogen) atoms. The number of amides is 2. The minimum absolute atomic E-state index is 0.278. The van der Waals surface area contributed by atoms with Crippen molar-refractivity contribution in [1.29, 1.82) is 0 Å². The van der Waals surface area contributed by atoms with E-state index < -0.39 is 12.0 Å². The number of aliphatic carboxylic acids is 1. The molecule has 7 heteroatoms. The smallest absolute Gasteiger partial charge is 0.323 e. The Morgan fingerprint density at radius 3 is 2.72 bits per heavy atom. The van der Waals surface area contributed by atoms with Crippen molar-refractivity contribution in [2.45, 2.75) is 6.54 Å². The molecule has 0 bridgehead atoms. The van der Waals surface area contributed by atoms with Crippen molar-refractivity contribution in [1.82, 2.24) is 15.2 Å². The maximum Gasteiger partial charge on any atom is 0.323 e. The summed E-state index contributed by atoms with van der Waals surface area (Å²) < 4.78 is 4.90. The molecule has 1 heterocycles. The summed E-state index contributed by atoms with van der Waals surface area (Å²) in [4.78, 5) is 27.0. The summed E-state index contributed by atoms with van der Waals surface area (Å²) in [6.07, 6.45) is 1.58. The number of likely N-dealkylation sites (N-methyl/N-ethyl adjacent to an activating group) is 1. The number of carbonyl (C=O) groups excluding carboxylic acids is 1. The van der Waals surface area contributed by atoms with E-state index in [0.717, 1.165) is 10.5 Å². The van der Waals surface area contributed by atoms with Crippen LogP contribution in [0, 0.1) is 0 Å². The molecule has 1 aromatic rings. The zero-order chi connectivity index (χ0) is 13.5. The Kier molecular flexibility index (Phi) is 4.91. The molecule has 0 saturated heterocycles. The third-order valence-corrected chi connectivity index (χ3v) is 2.17. The second-order valence-electron chi connectivity index (χ2n) is 3.62. The van der Waals surface area contributed by atoms with Gasteiger partial charge in [0.15, 0.2) is 0 Å². The molecule has 0 saturated carbocycles. The summed E-state index contributed by atoms with van der Waals surface area (Å²) in [6, 6.07) is 3.00. The molecule has 98 valence electrons. The monoisotopic (exact) mass is 253 g/mol. The van der Waals surface area contributed by atoms with E-state index in [4.69, 9.17) is 9.84 Å². The Balaban J connectivity index is 2.44.